The molecule has 2 N–H and O–H groups in total. The van der Waals surface area contributed by atoms with E-state index in [1.807, 2.05) is 13.8 Å². The summed E-state index contributed by atoms with van der Waals surface area (Å²) in [5.41, 5.74) is -0.859. The van der Waals surface area contributed by atoms with Crippen molar-refractivity contribution in [2.45, 2.75) is 51.9 Å². The molecule has 0 aromatic heterocycles. The van der Waals surface area contributed by atoms with E-state index in [9.17, 15) is 18.0 Å². The third-order valence-corrected chi connectivity index (χ3v) is 3.11. The Morgan fingerprint density at radius 3 is 2.43 bits per heavy atom. The third kappa shape index (κ3) is 5.28. The number of hydrogen-bond donors (Lipinski definition) is 2. The summed E-state index contributed by atoms with van der Waals surface area (Å²) >= 11 is 0. The molecular weight excluding hydrogens is 281 g/mol. The van der Waals surface area contributed by atoms with Gasteiger partial charge in [0.1, 0.15) is 6.04 Å². The van der Waals surface area contributed by atoms with Crippen LogP contribution in [-0.2, 0) is 11.0 Å². The van der Waals surface area contributed by atoms with Gasteiger partial charge < -0.3 is 10.6 Å². The average molecular weight is 302 g/mol. The number of anilines is 1. The Kier molecular flexibility index (Phi) is 6.05. The van der Waals surface area contributed by atoms with Gasteiger partial charge in [0.25, 0.3) is 0 Å². The zero-order valence-corrected chi connectivity index (χ0v) is 12.4. The number of carbonyl (C=O) groups is 1. The van der Waals surface area contributed by atoms with Gasteiger partial charge in [-0.2, -0.15) is 13.2 Å². The molecule has 118 valence electrons. The number of benzene rings is 1. The van der Waals surface area contributed by atoms with E-state index >= 15 is 0 Å². The minimum Gasteiger partial charge on any atom is -0.373 e. The number of alkyl halides is 3. The first-order valence-electron chi connectivity index (χ1n) is 6.98. The van der Waals surface area contributed by atoms with Crippen LogP contribution >= 0.6 is 0 Å². The Morgan fingerprint density at radius 2 is 1.86 bits per heavy atom. The first-order chi connectivity index (χ1) is 9.75. The van der Waals surface area contributed by atoms with Crippen LogP contribution in [-0.4, -0.2) is 18.0 Å². The van der Waals surface area contributed by atoms with Gasteiger partial charge in [-0.15, -0.1) is 0 Å². The van der Waals surface area contributed by atoms with E-state index in [1.54, 1.807) is 6.92 Å². The molecule has 0 saturated heterocycles. The van der Waals surface area contributed by atoms with Crippen LogP contribution in [0.25, 0.3) is 0 Å². The minimum absolute atomic E-state index is 0.00427. The van der Waals surface area contributed by atoms with Gasteiger partial charge >= 0.3 is 6.18 Å². The van der Waals surface area contributed by atoms with Gasteiger partial charge in [-0.1, -0.05) is 25.5 Å². The SMILES string of the molecule is CCCC(C)NC(=O)C(C)Nc1ccccc1C(F)(F)F. The van der Waals surface area contributed by atoms with Crippen molar-refractivity contribution in [1.29, 1.82) is 0 Å². The summed E-state index contributed by atoms with van der Waals surface area (Å²) in [6.45, 7) is 5.42. The molecule has 6 heteroatoms. The normalized spacial score (nSPS) is 14.4. The van der Waals surface area contributed by atoms with Gasteiger partial charge in [-0.3, -0.25) is 4.79 Å². The summed E-state index contributed by atoms with van der Waals surface area (Å²) in [7, 11) is 0. The van der Waals surface area contributed by atoms with E-state index in [4.69, 9.17) is 0 Å². The topological polar surface area (TPSA) is 41.1 Å². The molecule has 0 saturated carbocycles. The van der Waals surface area contributed by atoms with Crippen LogP contribution in [0.3, 0.4) is 0 Å². The molecule has 0 aliphatic carbocycles. The minimum atomic E-state index is -4.45. The average Bonchev–Trinajstić information content (AvgIpc) is 2.38. The van der Waals surface area contributed by atoms with E-state index in [1.165, 1.54) is 18.2 Å². The Hall–Kier alpha value is -1.72. The van der Waals surface area contributed by atoms with Gasteiger partial charge in [0.2, 0.25) is 5.91 Å². The Balaban J connectivity index is 2.75. The lowest BCUT2D eigenvalue weighted by Crippen LogP contribution is -2.42. The zero-order chi connectivity index (χ0) is 16.0. The van der Waals surface area contributed by atoms with Gasteiger partial charge in [0.05, 0.1) is 5.56 Å². The molecule has 0 bridgehead atoms. The van der Waals surface area contributed by atoms with Gasteiger partial charge in [0, 0.05) is 11.7 Å². The summed E-state index contributed by atoms with van der Waals surface area (Å²) < 4.78 is 38.6. The molecular formula is C15H21F3N2O. The van der Waals surface area contributed by atoms with Crippen LogP contribution in [0.2, 0.25) is 0 Å². The molecule has 0 aliphatic heterocycles. The van der Waals surface area contributed by atoms with Crippen LogP contribution in [0.4, 0.5) is 18.9 Å². The first-order valence-corrected chi connectivity index (χ1v) is 6.98. The number of hydrogen-bond acceptors (Lipinski definition) is 2. The first kappa shape index (κ1) is 17.3. The summed E-state index contributed by atoms with van der Waals surface area (Å²) in [5, 5.41) is 5.41. The molecule has 0 radical (unpaired) electrons. The Morgan fingerprint density at radius 1 is 1.24 bits per heavy atom. The van der Waals surface area contributed by atoms with E-state index in [0.717, 1.165) is 18.9 Å². The number of nitrogens with one attached hydrogen (secondary N) is 2. The molecule has 1 aromatic rings. The predicted molar refractivity (Wildman–Crippen MR) is 77.0 cm³/mol. The van der Waals surface area contributed by atoms with Crippen molar-refractivity contribution < 1.29 is 18.0 Å². The quantitative estimate of drug-likeness (QED) is 0.839. The molecule has 1 rings (SSSR count). The standard InChI is InChI=1S/C15H21F3N2O/c1-4-7-10(2)19-14(21)11(3)20-13-9-6-5-8-12(13)15(16,17)18/h5-6,8-11,20H,4,7H2,1-3H3,(H,19,21). The van der Waals surface area contributed by atoms with Gasteiger partial charge in [-0.05, 0) is 32.4 Å². The lowest BCUT2D eigenvalue weighted by molar-refractivity contribution is -0.137. The molecule has 3 nitrogen and oxygen atoms in total. The molecule has 21 heavy (non-hydrogen) atoms. The van der Waals surface area contributed by atoms with Crippen molar-refractivity contribution in [2.75, 3.05) is 5.32 Å². The van der Waals surface area contributed by atoms with Crippen molar-refractivity contribution in [3.8, 4) is 0 Å². The van der Waals surface area contributed by atoms with Gasteiger partial charge in [-0.25, -0.2) is 0 Å². The summed E-state index contributed by atoms with van der Waals surface area (Å²) in [5.74, 6) is -0.312. The van der Waals surface area contributed by atoms with Crippen molar-refractivity contribution >= 4 is 11.6 Å². The molecule has 2 unspecified atom stereocenters. The number of carbonyl (C=O) groups excluding carboxylic acids is 1. The van der Waals surface area contributed by atoms with Crippen molar-refractivity contribution in [2.24, 2.45) is 0 Å². The lowest BCUT2D eigenvalue weighted by Gasteiger charge is -2.21. The monoisotopic (exact) mass is 302 g/mol. The Labute approximate surface area is 122 Å². The predicted octanol–water partition coefficient (Wildman–Crippen LogP) is 3.81. The van der Waals surface area contributed by atoms with Gasteiger partial charge in [0.15, 0.2) is 0 Å². The highest BCUT2D eigenvalue weighted by atomic mass is 19.4. The highest BCUT2D eigenvalue weighted by Crippen LogP contribution is 2.34. The maximum atomic E-state index is 12.9. The van der Waals surface area contributed by atoms with E-state index in [0.29, 0.717) is 0 Å². The molecule has 1 aromatic carbocycles. The Bertz CT molecular complexity index is 474. The number of halogens is 3. The van der Waals surface area contributed by atoms with E-state index < -0.39 is 17.8 Å². The maximum Gasteiger partial charge on any atom is 0.418 e. The van der Waals surface area contributed by atoms with Crippen molar-refractivity contribution in [3.05, 3.63) is 29.8 Å². The number of para-hydroxylation sites is 1. The van der Waals surface area contributed by atoms with Crippen molar-refractivity contribution in [1.82, 2.24) is 5.32 Å². The summed E-state index contributed by atoms with van der Waals surface area (Å²) in [6, 6.07) is 4.40. The second-order valence-corrected chi connectivity index (χ2v) is 5.11. The third-order valence-electron chi connectivity index (χ3n) is 3.11. The number of rotatable bonds is 6. The van der Waals surface area contributed by atoms with Crippen LogP contribution in [0, 0.1) is 0 Å². The largest absolute Gasteiger partial charge is 0.418 e. The van der Waals surface area contributed by atoms with Crippen LogP contribution < -0.4 is 10.6 Å². The highest BCUT2D eigenvalue weighted by Gasteiger charge is 2.33. The fourth-order valence-electron chi connectivity index (χ4n) is 2.03. The number of amides is 1. The molecule has 1 amide bonds. The van der Waals surface area contributed by atoms with E-state index in [2.05, 4.69) is 10.6 Å². The molecule has 2 atom stereocenters. The molecule has 0 spiro atoms. The second kappa shape index (κ2) is 7.33. The lowest BCUT2D eigenvalue weighted by atomic mass is 10.1. The zero-order valence-electron chi connectivity index (χ0n) is 12.4. The van der Waals surface area contributed by atoms with E-state index in [-0.39, 0.29) is 17.6 Å². The smallest absolute Gasteiger partial charge is 0.373 e. The fraction of sp³-hybridized carbons (Fsp3) is 0.533. The van der Waals surface area contributed by atoms with Crippen LogP contribution in [0.15, 0.2) is 24.3 Å². The molecule has 0 fully saturated rings. The molecule has 0 heterocycles. The summed E-state index contributed by atoms with van der Waals surface area (Å²) in [4.78, 5) is 11.9. The van der Waals surface area contributed by atoms with Crippen LogP contribution in [0.1, 0.15) is 39.2 Å². The summed E-state index contributed by atoms with van der Waals surface area (Å²) in [6.07, 6.45) is -2.69. The second-order valence-electron chi connectivity index (χ2n) is 5.11. The van der Waals surface area contributed by atoms with Crippen LogP contribution in [0.5, 0.6) is 0 Å². The highest BCUT2D eigenvalue weighted by molar-refractivity contribution is 5.84. The van der Waals surface area contributed by atoms with Crippen molar-refractivity contribution in [3.63, 3.8) is 0 Å². The fourth-order valence-corrected chi connectivity index (χ4v) is 2.03. The maximum absolute atomic E-state index is 12.9. The molecule has 0 aliphatic rings.